The summed E-state index contributed by atoms with van der Waals surface area (Å²) in [6.07, 6.45) is 1.81. The van der Waals surface area contributed by atoms with Crippen LogP contribution in [0.25, 0.3) is 0 Å². The number of pyridine rings is 1. The van der Waals surface area contributed by atoms with E-state index in [1.165, 1.54) is 12.1 Å². The number of aromatic nitrogens is 1. The largest absolute Gasteiger partial charge is 0.475 e. The average Bonchev–Trinajstić information content (AvgIpc) is 3.21. The highest BCUT2D eigenvalue weighted by atomic mass is 16.4. The second kappa shape index (κ2) is 7.16. The van der Waals surface area contributed by atoms with Crippen molar-refractivity contribution in [3.05, 3.63) is 53.7 Å². The number of hydrogen-bond donors (Lipinski definition) is 2. The van der Waals surface area contributed by atoms with Gasteiger partial charge in [0, 0.05) is 19.2 Å². The van der Waals surface area contributed by atoms with Gasteiger partial charge in [0.1, 0.15) is 5.76 Å². The number of aromatic carboxylic acids is 1. The van der Waals surface area contributed by atoms with E-state index in [2.05, 4.69) is 10.3 Å². The molecular formula is C17H17N3O5. The topological polar surface area (TPSA) is 113 Å². The predicted molar refractivity (Wildman–Crippen MR) is 85.3 cm³/mol. The fourth-order valence-electron chi connectivity index (χ4n) is 2.69. The zero-order valence-corrected chi connectivity index (χ0v) is 13.3. The lowest BCUT2D eigenvalue weighted by molar-refractivity contribution is -0.129. The van der Waals surface area contributed by atoms with Crippen molar-refractivity contribution >= 4 is 17.8 Å². The molecule has 2 amide bonds. The number of amides is 2. The smallest absolute Gasteiger partial charge is 0.371 e. The molecule has 1 atom stereocenters. The molecule has 2 aromatic rings. The molecule has 2 N–H and O–H groups in total. The number of nitrogens with one attached hydrogen (secondary N) is 1. The first-order valence-corrected chi connectivity index (χ1v) is 7.80. The molecule has 0 saturated carbocycles. The third-order valence-electron chi connectivity index (χ3n) is 3.97. The van der Waals surface area contributed by atoms with E-state index in [0.717, 1.165) is 5.69 Å². The van der Waals surface area contributed by atoms with Gasteiger partial charge in [-0.3, -0.25) is 14.6 Å². The molecule has 1 fully saturated rings. The molecule has 0 bridgehead atoms. The number of carboxylic acids is 1. The van der Waals surface area contributed by atoms with E-state index in [1.807, 2.05) is 12.1 Å². The first-order valence-electron chi connectivity index (χ1n) is 7.80. The predicted octanol–water partition coefficient (Wildman–Crippen LogP) is 1.04. The molecule has 8 heteroatoms. The lowest BCUT2D eigenvalue weighted by Gasteiger charge is -2.15. The Labute approximate surface area is 143 Å². The molecule has 3 rings (SSSR count). The molecule has 1 saturated heterocycles. The molecule has 0 spiro atoms. The number of hydrogen-bond acceptors (Lipinski definition) is 5. The van der Waals surface area contributed by atoms with Crippen molar-refractivity contribution in [3.63, 3.8) is 0 Å². The summed E-state index contributed by atoms with van der Waals surface area (Å²) in [7, 11) is 0. The zero-order chi connectivity index (χ0) is 17.8. The molecule has 130 valence electrons. The van der Waals surface area contributed by atoms with Crippen LogP contribution in [0.2, 0.25) is 0 Å². The third kappa shape index (κ3) is 4.03. The summed E-state index contributed by atoms with van der Waals surface area (Å²) in [5.74, 6) is -1.78. The maximum Gasteiger partial charge on any atom is 0.371 e. The quantitative estimate of drug-likeness (QED) is 0.810. The Kier molecular flexibility index (Phi) is 4.78. The maximum absolute atomic E-state index is 12.2. The lowest BCUT2D eigenvalue weighted by Crippen LogP contribution is -2.32. The molecular weight excluding hydrogens is 326 g/mol. The van der Waals surface area contributed by atoms with Crippen molar-refractivity contribution in [2.24, 2.45) is 5.92 Å². The number of likely N-dealkylation sites (tertiary alicyclic amines) is 1. The van der Waals surface area contributed by atoms with Crippen LogP contribution >= 0.6 is 0 Å². The first kappa shape index (κ1) is 16.7. The standard InChI is InChI=1S/C17H17N3O5/c21-15-7-11(9-20(15)10-12-3-1-2-6-18-12)16(22)19-8-13-4-5-14(25-13)17(23)24/h1-6,11H,7-10H2,(H,19,22)(H,23,24)/t11-/m1/s1. The summed E-state index contributed by atoms with van der Waals surface area (Å²) < 4.78 is 5.08. The maximum atomic E-state index is 12.2. The number of carbonyl (C=O) groups excluding carboxylic acids is 2. The molecule has 0 aliphatic carbocycles. The normalized spacial score (nSPS) is 16.9. The van der Waals surface area contributed by atoms with Crippen LogP contribution < -0.4 is 5.32 Å². The second-order valence-electron chi connectivity index (χ2n) is 5.79. The van der Waals surface area contributed by atoms with E-state index in [9.17, 15) is 14.4 Å². The minimum absolute atomic E-state index is 0.0804. The van der Waals surface area contributed by atoms with E-state index in [0.29, 0.717) is 18.8 Å². The monoisotopic (exact) mass is 343 g/mol. The van der Waals surface area contributed by atoms with Gasteiger partial charge in [0.15, 0.2) is 0 Å². The Hall–Kier alpha value is -3.16. The zero-order valence-electron chi connectivity index (χ0n) is 13.3. The van der Waals surface area contributed by atoms with Crippen LogP contribution in [0, 0.1) is 5.92 Å². The van der Waals surface area contributed by atoms with Crippen molar-refractivity contribution in [1.29, 1.82) is 0 Å². The molecule has 3 heterocycles. The molecule has 25 heavy (non-hydrogen) atoms. The summed E-state index contributed by atoms with van der Waals surface area (Å²) in [5, 5.41) is 11.5. The van der Waals surface area contributed by atoms with Gasteiger partial charge in [-0.1, -0.05) is 6.07 Å². The minimum Gasteiger partial charge on any atom is -0.475 e. The van der Waals surface area contributed by atoms with Crippen LogP contribution in [0.1, 0.15) is 28.4 Å². The van der Waals surface area contributed by atoms with Gasteiger partial charge in [-0.15, -0.1) is 0 Å². The van der Waals surface area contributed by atoms with E-state index in [1.54, 1.807) is 17.2 Å². The van der Waals surface area contributed by atoms with Crippen molar-refractivity contribution in [2.75, 3.05) is 6.54 Å². The summed E-state index contributed by atoms with van der Waals surface area (Å²) >= 11 is 0. The summed E-state index contributed by atoms with van der Waals surface area (Å²) in [4.78, 5) is 40.9. The number of carboxylic acid groups (broad SMARTS) is 1. The van der Waals surface area contributed by atoms with Crippen molar-refractivity contribution in [1.82, 2.24) is 15.2 Å². The van der Waals surface area contributed by atoms with Gasteiger partial charge in [-0.05, 0) is 24.3 Å². The molecule has 8 nitrogen and oxygen atoms in total. The third-order valence-corrected chi connectivity index (χ3v) is 3.97. The molecule has 1 aliphatic heterocycles. The first-order chi connectivity index (χ1) is 12.0. The Balaban J connectivity index is 1.52. The van der Waals surface area contributed by atoms with E-state index < -0.39 is 11.9 Å². The van der Waals surface area contributed by atoms with Crippen molar-refractivity contribution in [2.45, 2.75) is 19.5 Å². The molecule has 0 unspecified atom stereocenters. The lowest BCUT2D eigenvalue weighted by atomic mass is 10.1. The highest BCUT2D eigenvalue weighted by molar-refractivity contribution is 5.89. The van der Waals surface area contributed by atoms with Gasteiger partial charge in [0.05, 0.1) is 24.7 Å². The van der Waals surface area contributed by atoms with E-state index in [4.69, 9.17) is 9.52 Å². The van der Waals surface area contributed by atoms with Crippen molar-refractivity contribution < 1.29 is 23.9 Å². The summed E-state index contributed by atoms with van der Waals surface area (Å²) in [5.41, 5.74) is 0.772. The second-order valence-corrected chi connectivity index (χ2v) is 5.79. The van der Waals surface area contributed by atoms with E-state index >= 15 is 0 Å². The Morgan fingerprint density at radius 3 is 2.84 bits per heavy atom. The number of nitrogens with zero attached hydrogens (tertiary/aromatic N) is 2. The fourth-order valence-corrected chi connectivity index (χ4v) is 2.69. The highest BCUT2D eigenvalue weighted by Gasteiger charge is 2.34. The van der Waals surface area contributed by atoms with Gasteiger partial charge in [-0.25, -0.2) is 4.79 Å². The Morgan fingerprint density at radius 1 is 1.32 bits per heavy atom. The summed E-state index contributed by atoms with van der Waals surface area (Å²) in [6, 6.07) is 8.31. The number of furan rings is 1. The van der Waals surface area contributed by atoms with Gasteiger partial charge < -0.3 is 19.7 Å². The van der Waals surface area contributed by atoms with Crippen LogP contribution in [-0.2, 0) is 22.7 Å². The highest BCUT2D eigenvalue weighted by Crippen LogP contribution is 2.20. The van der Waals surface area contributed by atoms with Gasteiger partial charge in [0.2, 0.25) is 17.6 Å². The molecule has 1 aliphatic rings. The van der Waals surface area contributed by atoms with Crippen LogP contribution in [0.15, 0.2) is 40.9 Å². The van der Waals surface area contributed by atoms with Gasteiger partial charge >= 0.3 is 5.97 Å². The van der Waals surface area contributed by atoms with Crippen molar-refractivity contribution in [3.8, 4) is 0 Å². The molecule has 0 radical (unpaired) electrons. The summed E-state index contributed by atoms with van der Waals surface area (Å²) in [6.45, 7) is 0.792. The molecule has 2 aromatic heterocycles. The number of rotatable bonds is 6. The Morgan fingerprint density at radius 2 is 2.16 bits per heavy atom. The van der Waals surface area contributed by atoms with Gasteiger partial charge in [0.25, 0.3) is 0 Å². The number of carbonyl (C=O) groups is 3. The minimum atomic E-state index is -1.16. The fraction of sp³-hybridized carbons (Fsp3) is 0.294. The van der Waals surface area contributed by atoms with Crippen LogP contribution in [0.3, 0.4) is 0 Å². The van der Waals surface area contributed by atoms with Crippen LogP contribution in [0.4, 0.5) is 0 Å². The SMILES string of the molecule is O=C(O)c1ccc(CNC(=O)[C@@H]2CC(=O)N(Cc3ccccn3)C2)o1. The Bertz CT molecular complexity index is 787. The van der Waals surface area contributed by atoms with Crippen LogP contribution in [-0.4, -0.2) is 39.3 Å². The van der Waals surface area contributed by atoms with Crippen LogP contribution in [0.5, 0.6) is 0 Å². The van der Waals surface area contributed by atoms with Gasteiger partial charge in [-0.2, -0.15) is 0 Å². The average molecular weight is 343 g/mol. The molecule has 0 aromatic carbocycles. The van der Waals surface area contributed by atoms with E-state index in [-0.39, 0.29) is 30.5 Å².